The van der Waals surface area contributed by atoms with Crippen LogP contribution in [0, 0.1) is 16.0 Å². The van der Waals surface area contributed by atoms with Crippen LogP contribution in [0.2, 0.25) is 0 Å². The lowest BCUT2D eigenvalue weighted by molar-refractivity contribution is -0.384. The first-order valence-electron chi connectivity index (χ1n) is 11.8. The number of ether oxygens (including phenoxy) is 1. The molecule has 0 aromatic heterocycles. The summed E-state index contributed by atoms with van der Waals surface area (Å²) in [6.07, 6.45) is 3.30. The monoisotopic (exact) mass is 459 g/mol. The van der Waals surface area contributed by atoms with Gasteiger partial charge in [0.25, 0.3) is 5.69 Å². The molecule has 0 bridgehead atoms. The Morgan fingerprint density at radius 2 is 2.00 bits per heavy atom. The largest absolute Gasteiger partial charge is 0.385 e. The van der Waals surface area contributed by atoms with E-state index in [0.717, 1.165) is 43.6 Å². The zero-order chi connectivity index (χ0) is 23.4. The van der Waals surface area contributed by atoms with Gasteiger partial charge in [0.2, 0.25) is 11.8 Å². The number of carbonyl (C=O) groups excluding carboxylic acids is 2. The number of nitrogens with one attached hydrogen (secondary N) is 1. The zero-order valence-electron chi connectivity index (χ0n) is 19.2. The molecule has 1 N–H and O–H groups in total. The van der Waals surface area contributed by atoms with E-state index >= 15 is 0 Å². The van der Waals surface area contributed by atoms with Crippen molar-refractivity contribution in [3.8, 4) is 0 Å². The predicted octanol–water partition coefficient (Wildman–Crippen LogP) is 1.03. The molecule has 10 heteroatoms. The summed E-state index contributed by atoms with van der Waals surface area (Å²) in [6, 6.07) is 4.85. The lowest BCUT2D eigenvalue weighted by Crippen LogP contribution is -2.62. The van der Waals surface area contributed by atoms with Crippen LogP contribution in [0.15, 0.2) is 18.2 Å². The van der Waals surface area contributed by atoms with Gasteiger partial charge in [-0.05, 0) is 37.3 Å². The van der Waals surface area contributed by atoms with Crippen molar-refractivity contribution in [1.82, 2.24) is 15.1 Å². The highest BCUT2D eigenvalue weighted by molar-refractivity contribution is 5.82. The highest BCUT2D eigenvalue weighted by Gasteiger charge is 2.42. The van der Waals surface area contributed by atoms with Crippen LogP contribution in [-0.4, -0.2) is 92.1 Å². The maximum Gasteiger partial charge on any atom is 0.269 e. The summed E-state index contributed by atoms with van der Waals surface area (Å²) in [6.45, 7) is 5.15. The second-order valence-corrected chi connectivity index (χ2v) is 9.10. The van der Waals surface area contributed by atoms with Gasteiger partial charge < -0.3 is 19.9 Å². The molecule has 0 spiro atoms. The quantitative estimate of drug-likeness (QED) is 0.351. The fraction of sp³-hybridized carbons (Fsp3) is 0.652. The van der Waals surface area contributed by atoms with Crippen LogP contribution in [0.25, 0.3) is 0 Å². The van der Waals surface area contributed by atoms with E-state index in [0.29, 0.717) is 45.8 Å². The summed E-state index contributed by atoms with van der Waals surface area (Å²) in [4.78, 5) is 43.1. The van der Waals surface area contributed by atoms with Crippen molar-refractivity contribution < 1.29 is 19.2 Å². The van der Waals surface area contributed by atoms with Crippen molar-refractivity contribution in [2.45, 2.75) is 31.7 Å². The molecule has 2 atom stereocenters. The van der Waals surface area contributed by atoms with Gasteiger partial charge in [0, 0.05) is 70.8 Å². The van der Waals surface area contributed by atoms with Crippen LogP contribution in [0.3, 0.4) is 0 Å². The molecule has 0 unspecified atom stereocenters. The van der Waals surface area contributed by atoms with Crippen molar-refractivity contribution in [2.75, 3.05) is 64.4 Å². The second kappa shape index (κ2) is 10.5. The van der Waals surface area contributed by atoms with Gasteiger partial charge in [-0.2, -0.15) is 0 Å². The minimum Gasteiger partial charge on any atom is -0.385 e. The number of nitrogens with zero attached hydrogens (tertiary/aromatic N) is 4. The number of amides is 2. The molecule has 3 heterocycles. The average molecular weight is 460 g/mol. The van der Waals surface area contributed by atoms with E-state index < -0.39 is 4.92 Å². The number of nitro benzene ring substituents is 1. The molecule has 4 rings (SSSR count). The minimum absolute atomic E-state index is 0.0429. The highest BCUT2D eigenvalue weighted by Crippen LogP contribution is 2.38. The molecule has 1 aromatic carbocycles. The van der Waals surface area contributed by atoms with E-state index in [4.69, 9.17) is 4.74 Å². The number of hydrogen-bond donors (Lipinski definition) is 1. The number of benzene rings is 1. The van der Waals surface area contributed by atoms with Gasteiger partial charge in [-0.15, -0.1) is 0 Å². The Balaban J connectivity index is 1.52. The van der Waals surface area contributed by atoms with Crippen LogP contribution in [0.1, 0.15) is 24.8 Å². The van der Waals surface area contributed by atoms with Crippen LogP contribution in [0.5, 0.6) is 0 Å². The third kappa shape index (κ3) is 5.27. The number of methoxy groups -OCH3 is 1. The molecule has 2 fully saturated rings. The molecule has 1 aromatic rings. The molecular formula is C23H33N5O5. The van der Waals surface area contributed by atoms with Crippen molar-refractivity contribution in [3.63, 3.8) is 0 Å². The summed E-state index contributed by atoms with van der Waals surface area (Å²) in [7, 11) is 1.63. The molecule has 3 aliphatic rings. The first-order valence-corrected chi connectivity index (χ1v) is 11.8. The number of carbonyl (C=O) groups is 2. The minimum atomic E-state index is -0.395. The Labute approximate surface area is 194 Å². The fourth-order valence-electron chi connectivity index (χ4n) is 5.24. The number of nitro groups is 1. The number of likely N-dealkylation sites (tertiary alicyclic amines) is 1. The van der Waals surface area contributed by atoms with E-state index in [2.05, 4.69) is 15.1 Å². The third-order valence-electron chi connectivity index (χ3n) is 6.97. The van der Waals surface area contributed by atoms with Gasteiger partial charge in [0.1, 0.15) is 0 Å². The Hall–Kier alpha value is -2.72. The normalized spacial score (nSPS) is 22.6. The van der Waals surface area contributed by atoms with Gasteiger partial charge >= 0.3 is 0 Å². The number of fused-ring (bicyclic) bond motifs is 3. The van der Waals surface area contributed by atoms with Gasteiger partial charge in [0.15, 0.2) is 0 Å². The number of hydrogen-bond acceptors (Lipinski definition) is 7. The lowest BCUT2D eigenvalue weighted by Gasteiger charge is -2.49. The summed E-state index contributed by atoms with van der Waals surface area (Å²) < 4.78 is 5.06. The van der Waals surface area contributed by atoms with Crippen molar-refractivity contribution in [3.05, 3.63) is 33.9 Å². The van der Waals surface area contributed by atoms with Crippen molar-refractivity contribution >= 4 is 23.2 Å². The molecule has 2 saturated heterocycles. The number of non-ortho nitro benzene ring substituents is 1. The summed E-state index contributed by atoms with van der Waals surface area (Å²) >= 11 is 0. The fourth-order valence-corrected chi connectivity index (χ4v) is 5.24. The Bertz CT molecular complexity index is 888. The van der Waals surface area contributed by atoms with E-state index in [9.17, 15) is 19.7 Å². The van der Waals surface area contributed by atoms with Crippen LogP contribution in [-0.2, 0) is 20.7 Å². The number of anilines is 1. The lowest BCUT2D eigenvalue weighted by atomic mass is 9.83. The van der Waals surface area contributed by atoms with E-state index in [1.165, 1.54) is 6.07 Å². The molecule has 10 nitrogen and oxygen atoms in total. The Kier molecular flexibility index (Phi) is 7.44. The van der Waals surface area contributed by atoms with E-state index in [1.54, 1.807) is 19.2 Å². The summed E-state index contributed by atoms with van der Waals surface area (Å²) in [5, 5.41) is 14.3. The number of rotatable bonds is 8. The molecule has 3 aliphatic heterocycles. The molecule has 0 saturated carbocycles. The van der Waals surface area contributed by atoms with Crippen molar-refractivity contribution in [1.29, 1.82) is 0 Å². The molecule has 0 aliphatic carbocycles. The maximum absolute atomic E-state index is 13.2. The molecular weight excluding hydrogens is 426 g/mol. The third-order valence-corrected chi connectivity index (χ3v) is 6.97. The Morgan fingerprint density at radius 3 is 2.73 bits per heavy atom. The topological polar surface area (TPSA) is 108 Å². The first kappa shape index (κ1) is 23.4. The molecule has 0 radical (unpaired) electrons. The maximum atomic E-state index is 13.2. The van der Waals surface area contributed by atoms with Gasteiger partial charge in [-0.25, -0.2) is 0 Å². The second-order valence-electron chi connectivity index (χ2n) is 9.10. The molecule has 2 amide bonds. The summed E-state index contributed by atoms with van der Waals surface area (Å²) in [5.41, 5.74) is 1.83. The zero-order valence-corrected chi connectivity index (χ0v) is 19.2. The van der Waals surface area contributed by atoms with E-state index in [1.807, 2.05) is 4.90 Å². The van der Waals surface area contributed by atoms with E-state index in [-0.39, 0.29) is 29.5 Å². The first-order chi connectivity index (χ1) is 16.0. The van der Waals surface area contributed by atoms with Crippen molar-refractivity contribution in [2.24, 2.45) is 5.92 Å². The van der Waals surface area contributed by atoms with Crippen LogP contribution in [0.4, 0.5) is 11.4 Å². The van der Waals surface area contributed by atoms with Gasteiger partial charge in [-0.1, -0.05) is 0 Å². The Morgan fingerprint density at radius 1 is 1.21 bits per heavy atom. The highest BCUT2D eigenvalue weighted by atomic mass is 16.6. The standard InChI is InChI=1S/C23H33N5O5/c1-33-12-4-7-24-23(30)19-14-17-13-18(28(31)32)5-6-20(17)27-11-10-25(15-21(19)27)16-22(29)26-8-2-3-9-26/h5-6,13,19,21H,2-4,7-12,14-16H2,1H3,(H,24,30)/t19-,21+/m0/s1. The summed E-state index contributed by atoms with van der Waals surface area (Å²) in [5.74, 6) is -0.230. The SMILES string of the molecule is COCCCNC(=O)[C@H]1Cc2cc([N+](=O)[O-])ccc2N2CCN(CC(=O)N3CCCC3)C[C@H]12. The smallest absolute Gasteiger partial charge is 0.269 e. The average Bonchev–Trinajstić information content (AvgIpc) is 3.36. The molecule has 33 heavy (non-hydrogen) atoms. The molecule has 180 valence electrons. The van der Waals surface area contributed by atoms with Gasteiger partial charge in [0.05, 0.1) is 23.4 Å². The van der Waals surface area contributed by atoms with Crippen LogP contribution >= 0.6 is 0 Å². The van der Waals surface area contributed by atoms with Gasteiger partial charge in [-0.3, -0.25) is 24.6 Å². The predicted molar refractivity (Wildman–Crippen MR) is 123 cm³/mol. The van der Waals surface area contributed by atoms with Crippen LogP contribution < -0.4 is 10.2 Å². The number of piperazine rings is 1.